The first-order valence-corrected chi connectivity index (χ1v) is 7.21. The molecule has 0 N–H and O–H groups in total. The summed E-state index contributed by atoms with van der Waals surface area (Å²) in [4.78, 5) is 0.800. The molecular formula is C10H14BrNOS. The molecule has 0 aromatic heterocycles. The van der Waals surface area contributed by atoms with E-state index in [1.807, 2.05) is 31.2 Å². The van der Waals surface area contributed by atoms with E-state index in [0.717, 1.165) is 15.8 Å². The van der Waals surface area contributed by atoms with Gasteiger partial charge in [0.2, 0.25) is 0 Å². The second-order valence-electron chi connectivity index (χ2n) is 3.11. The summed E-state index contributed by atoms with van der Waals surface area (Å²) in [6.07, 6.45) is 2.62. The summed E-state index contributed by atoms with van der Waals surface area (Å²) in [5.74, 6) is 0. The molecule has 0 aliphatic heterocycles. The van der Waals surface area contributed by atoms with Crippen molar-refractivity contribution < 1.29 is 4.21 Å². The molecule has 2 nitrogen and oxygen atoms in total. The third kappa shape index (κ3) is 3.10. The molecule has 0 aliphatic carbocycles. The Labute approximate surface area is 94.0 Å². The highest BCUT2D eigenvalue weighted by Crippen LogP contribution is 2.16. The Kier molecular flexibility index (Phi) is 4.13. The zero-order valence-corrected chi connectivity index (χ0v) is 10.8. The molecule has 4 heteroatoms. The lowest BCUT2D eigenvalue weighted by molar-refractivity contribution is 0.678. The van der Waals surface area contributed by atoms with Crippen molar-refractivity contribution in [3.8, 4) is 0 Å². The molecule has 1 rings (SSSR count). The van der Waals surface area contributed by atoms with E-state index in [-0.39, 0.29) is 0 Å². The molecule has 14 heavy (non-hydrogen) atoms. The first-order valence-electron chi connectivity index (χ1n) is 4.50. The van der Waals surface area contributed by atoms with Crippen molar-refractivity contribution in [2.45, 2.75) is 18.2 Å². The van der Waals surface area contributed by atoms with Crippen LogP contribution >= 0.6 is 15.9 Å². The van der Waals surface area contributed by atoms with Crippen LogP contribution in [0.4, 0.5) is 0 Å². The van der Waals surface area contributed by atoms with Crippen molar-refractivity contribution in [2.75, 3.05) is 12.8 Å². The largest absolute Gasteiger partial charge is 0.245 e. The van der Waals surface area contributed by atoms with Gasteiger partial charge in [0.15, 0.2) is 0 Å². The summed E-state index contributed by atoms with van der Waals surface area (Å²) in [5.41, 5.74) is 0. The molecule has 1 atom stereocenters. The minimum Gasteiger partial charge on any atom is -0.245 e. The van der Waals surface area contributed by atoms with E-state index in [1.165, 1.54) is 0 Å². The highest BCUT2D eigenvalue weighted by atomic mass is 79.9. The molecule has 0 aliphatic rings. The van der Waals surface area contributed by atoms with E-state index in [2.05, 4.69) is 20.3 Å². The van der Waals surface area contributed by atoms with Crippen LogP contribution in [-0.4, -0.2) is 17.0 Å². The summed E-state index contributed by atoms with van der Waals surface area (Å²) in [6, 6.07) is 7.48. The van der Waals surface area contributed by atoms with Gasteiger partial charge in [-0.25, -0.2) is 8.57 Å². The summed E-state index contributed by atoms with van der Waals surface area (Å²) >= 11 is 3.34. The predicted octanol–water partition coefficient (Wildman–Crippen LogP) is 3.32. The molecule has 0 saturated carbocycles. The first-order chi connectivity index (χ1) is 6.56. The Morgan fingerprint density at radius 2 is 1.93 bits per heavy atom. The Morgan fingerprint density at radius 3 is 2.43 bits per heavy atom. The first kappa shape index (κ1) is 11.7. The normalized spacial score (nSPS) is 14.8. The van der Waals surface area contributed by atoms with Gasteiger partial charge in [-0.2, -0.15) is 0 Å². The summed E-state index contributed by atoms with van der Waals surface area (Å²) < 4.78 is 17.3. The van der Waals surface area contributed by atoms with Gasteiger partial charge < -0.3 is 0 Å². The standard InChI is InChI=1S/C10H14BrNOS/c1-3-8-12-14(2,13)10-6-4-9(11)5-7-10/h4-7H,3,8H2,1-2H3. The Morgan fingerprint density at radius 1 is 1.36 bits per heavy atom. The lowest BCUT2D eigenvalue weighted by Crippen LogP contribution is -1.98. The van der Waals surface area contributed by atoms with E-state index >= 15 is 0 Å². The van der Waals surface area contributed by atoms with Crippen LogP contribution < -0.4 is 0 Å². The van der Waals surface area contributed by atoms with Crippen LogP contribution in [0.1, 0.15) is 13.3 Å². The number of benzene rings is 1. The lowest BCUT2D eigenvalue weighted by atomic mass is 10.4. The predicted molar refractivity (Wildman–Crippen MR) is 64.1 cm³/mol. The maximum absolute atomic E-state index is 12.1. The molecule has 0 saturated heterocycles. The van der Waals surface area contributed by atoms with Crippen molar-refractivity contribution in [2.24, 2.45) is 4.36 Å². The van der Waals surface area contributed by atoms with Gasteiger partial charge in [-0.1, -0.05) is 22.9 Å². The van der Waals surface area contributed by atoms with Crippen molar-refractivity contribution >= 4 is 25.7 Å². The van der Waals surface area contributed by atoms with Gasteiger partial charge in [-0.3, -0.25) is 0 Å². The fraction of sp³-hybridized carbons (Fsp3) is 0.400. The Hall–Kier alpha value is -0.350. The zero-order valence-electron chi connectivity index (χ0n) is 8.37. The summed E-state index contributed by atoms with van der Waals surface area (Å²) in [7, 11) is -2.19. The average Bonchev–Trinajstić information content (AvgIpc) is 2.16. The van der Waals surface area contributed by atoms with Crippen molar-refractivity contribution in [3.05, 3.63) is 28.7 Å². The van der Waals surface area contributed by atoms with Crippen molar-refractivity contribution in [3.63, 3.8) is 0 Å². The Bertz CT molecular complexity index is 405. The number of rotatable bonds is 3. The van der Waals surface area contributed by atoms with Crippen LogP contribution in [0.2, 0.25) is 0 Å². The van der Waals surface area contributed by atoms with Crippen LogP contribution in [0.15, 0.2) is 38.0 Å². The molecule has 0 heterocycles. The molecule has 1 aromatic rings. The lowest BCUT2D eigenvalue weighted by Gasteiger charge is -2.03. The maximum atomic E-state index is 12.1. The van der Waals surface area contributed by atoms with E-state index in [9.17, 15) is 4.21 Å². The minimum absolute atomic E-state index is 0.658. The van der Waals surface area contributed by atoms with Gasteiger partial charge in [0.05, 0.1) is 9.73 Å². The van der Waals surface area contributed by atoms with E-state index < -0.39 is 9.73 Å². The fourth-order valence-electron chi connectivity index (χ4n) is 1.03. The van der Waals surface area contributed by atoms with Gasteiger partial charge >= 0.3 is 0 Å². The third-order valence-corrected chi connectivity index (χ3v) is 4.16. The fourth-order valence-corrected chi connectivity index (χ4v) is 2.61. The highest BCUT2D eigenvalue weighted by molar-refractivity contribution is 9.10. The molecule has 0 amide bonds. The van der Waals surface area contributed by atoms with Gasteiger partial charge in [0.1, 0.15) is 0 Å². The smallest absolute Gasteiger partial charge is 0.0723 e. The number of hydrogen-bond acceptors (Lipinski definition) is 2. The van der Waals surface area contributed by atoms with Gasteiger partial charge in [0, 0.05) is 22.2 Å². The summed E-state index contributed by atoms with van der Waals surface area (Å²) in [6.45, 7) is 2.69. The SMILES string of the molecule is CCCN=S(C)(=O)c1ccc(Br)cc1. The average molecular weight is 276 g/mol. The topological polar surface area (TPSA) is 29.4 Å². The molecular weight excluding hydrogens is 262 g/mol. The Balaban J connectivity index is 3.04. The number of hydrogen-bond donors (Lipinski definition) is 0. The second-order valence-corrected chi connectivity index (χ2v) is 6.36. The molecule has 0 radical (unpaired) electrons. The van der Waals surface area contributed by atoms with Gasteiger partial charge in [0.25, 0.3) is 0 Å². The van der Waals surface area contributed by atoms with Crippen molar-refractivity contribution in [1.82, 2.24) is 0 Å². The molecule has 0 spiro atoms. The van der Waals surface area contributed by atoms with Crippen LogP contribution in [0.5, 0.6) is 0 Å². The highest BCUT2D eigenvalue weighted by Gasteiger charge is 2.04. The maximum Gasteiger partial charge on any atom is 0.0723 e. The van der Waals surface area contributed by atoms with Crippen LogP contribution in [0.3, 0.4) is 0 Å². The molecule has 1 aromatic carbocycles. The van der Waals surface area contributed by atoms with Gasteiger partial charge in [-0.15, -0.1) is 0 Å². The minimum atomic E-state index is -2.19. The zero-order chi connectivity index (χ0) is 10.6. The van der Waals surface area contributed by atoms with Crippen LogP contribution in [0.25, 0.3) is 0 Å². The number of nitrogens with zero attached hydrogens (tertiary/aromatic N) is 1. The van der Waals surface area contributed by atoms with E-state index in [1.54, 1.807) is 6.26 Å². The molecule has 1 unspecified atom stereocenters. The molecule has 0 fully saturated rings. The van der Waals surface area contributed by atoms with Gasteiger partial charge in [-0.05, 0) is 30.7 Å². The molecule has 0 bridgehead atoms. The quantitative estimate of drug-likeness (QED) is 0.832. The van der Waals surface area contributed by atoms with Crippen LogP contribution in [0, 0.1) is 0 Å². The van der Waals surface area contributed by atoms with E-state index in [4.69, 9.17) is 0 Å². The third-order valence-electron chi connectivity index (χ3n) is 1.81. The van der Waals surface area contributed by atoms with E-state index in [0.29, 0.717) is 6.54 Å². The second kappa shape index (κ2) is 4.94. The molecule has 78 valence electrons. The van der Waals surface area contributed by atoms with Crippen molar-refractivity contribution in [1.29, 1.82) is 0 Å². The monoisotopic (exact) mass is 275 g/mol. The number of halogens is 1. The summed E-state index contributed by atoms with van der Waals surface area (Å²) in [5, 5.41) is 0. The van der Waals surface area contributed by atoms with Crippen LogP contribution in [-0.2, 0) is 9.73 Å².